The molecule has 102 valence electrons. The van der Waals surface area contributed by atoms with Gasteiger partial charge in [0.15, 0.2) is 0 Å². The Morgan fingerprint density at radius 2 is 1.90 bits per heavy atom. The van der Waals surface area contributed by atoms with Crippen LogP contribution in [0.25, 0.3) is 10.2 Å². The first-order valence-corrected chi connectivity index (χ1v) is 7.37. The van der Waals surface area contributed by atoms with E-state index in [9.17, 15) is 8.78 Å². The Kier molecular flexibility index (Phi) is 3.31. The third-order valence-electron chi connectivity index (χ3n) is 2.72. The van der Waals surface area contributed by atoms with E-state index >= 15 is 0 Å². The normalized spacial score (nSPS) is 11.2. The zero-order valence-electron chi connectivity index (χ0n) is 10.4. The van der Waals surface area contributed by atoms with Crippen LogP contribution in [-0.2, 0) is 0 Å². The summed E-state index contributed by atoms with van der Waals surface area (Å²) in [4.78, 5) is 8.19. The van der Waals surface area contributed by atoms with Gasteiger partial charge in [-0.15, -0.1) is 11.3 Å². The fourth-order valence-electron chi connectivity index (χ4n) is 1.79. The second-order valence-corrected chi connectivity index (χ2v) is 6.07. The highest BCUT2D eigenvalue weighted by molar-refractivity contribution is 7.99. The summed E-state index contributed by atoms with van der Waals surface area (Å²) in [5.41, 5.74) is 7.29. The number of halogens is 2. The monoisotopic (exact) mass is 309 g/mol. The maximum Gasteiger partial charge on any atom is 0.142 e. The van der Waals surface area contributed by atoms with Crippen LogP contribution >= 0.6 is 23.1 Å². The standard InChI is InChI=1S/C13H9F2N3S2/c1-6-4-19-12-10(6)17-5-18-13(12)20-11-8(14)2-7(16)3-9(11)15/h2-5H,16H2,1H3. The van der Waals surface area contributed by atoms with Gasteiger partial charge in [-0.3, -0.25) is 0 Å². The minimum Gasteiger partial charge on any atom is -0.399 e. The molecule has 7 heteroatoms. The van der Waals surface area contributed by atoms with Gasteiger partial charge >= 0.3 is 0 Å². The number of hydrogen-bond acceptors (Lipinski definition) is 5. The molecule has 3 rings (SSSR count). The largest absolute Gasteiger partial charge is 0.399 e. The summed E-state index contributed by atoms with van der Waals surface area (Å²) in [6.07, 6.45) is 1.40. The van der Waals surface area contributed by atoms with Gasteiger partial charge in [-0.25, -0.2) is 18.7 Å². The first-order valence-electron chi connectivity index (χ1n) is 5.67. The van der Waals surface area contributed by atoms with E-state index in [4.69, 9.17) is 5.73 Å². The number of thiophene rings is 1. The summed E-state index contributed by atoms with van der Waals surface area (Å²) >= 11 is 2.41. The molecule has 0 aliphatic heterocycles. The van der Waals surface area contributed by atoms with Crippen molar-refractivity contribution in [1.82, 2.24) is 9.97 Å². The molecule has 0 aliphatic carbocycles. The number of aromatic nitrogens is 2. The molecule has 0 saturated carbocycles. The maximum absolute atomic E-state index is 13.8. The lowest BCUT2D eigenvalue weighted by Gasteiger charge is -2.06. The quantitative estimate of drug-likeness (QED) is 0.574. The molecule has 0 atom stereocenters. The van der Waals surface area contributed by atoms with Crippen LogP contribution in [0.15, 0.2) is 33.8 Å². The van der Waals surface area contributed by atoms with Crippen LogP contribution < -0.4 is 5.73 Å². The number of nitrogens with two attached hydrogens (primary N) is 1. The van der Waals surface area contributed by atoms with Gasteiger partial charge in [0.1, 0.15) is 23.0 Å². The predicted molar refractivity (Wildman–Crippen MR) is 77.0 cm³/mol. The van der Waals surface area contributed by atoms with Crippen molar-refractivity contribution in [2.45, 2.75) is 16.8 Å². The van der Waals surface area contributed by atoms with Crippen LogP contribution in [0.3, 0.4) is 0 Å². The van der Waals surface area contributed by atoms with Gasteiger partial charge in [-0.1, -0.05) is 11.8 Å². The number of hydrogen-bond donors (Lipinski definition) is 1. The smallest absolute Gasteiger partial charge is 0.142 e. The Hall–Kier alpha value is -1.73. The fraction of sp³-hybridized carbons (Fsp3) is 0.0769. The Bertz CT molecular complexity index is 778. The predicted octanol–water partition coefficient (Wildman–Crippen LogP) is 4.01. The molecular formula is C13H9F2N3S2. The van der Waals surface area contributed by atoms with Gasteiger partial charge in [0.2, 0.25) is 0 Å². The van der Waals surface area contributed by atoms with Gasteiger partial charge in [0.25, 0.3) is 0 Å². The second-order valence-electron chi connectivity index (χ2n) is 4.19. The van der Waals surface area contributed by atoms with E-state index in [0.717, 1.165) is 39.7 Å². The number of benzene rings is 1. The number of aryl methyl sites for hydroxylation is 1. The van der Waals surface area contributed by atoms with Crippen LogP contribution in [0.4, 0.5) is 14.5 Å². The lowest BCUT2D eigenvalue weighted by atomic mass is 10.3. The Labute approximate surface area is 121 Å². The molecule has 0 unspecified atom stereocenters. The maximum atomic E-state index is 13.8. The van der Waals surface area contributed by atoms with E-state index in [2.05, 4.69) is 9.97 Å². The van der Waals surface area contributed by atoms with E-state index < -0.39 is 11.6 Å². The lowest BCUT2D eigenvalue weighted by Crippen LogP contribution is -1.94. The molecule has 2 heterocycles. The number of nitrogens with zero attached hydrogens (tertiary/aromatic N) is 2. The molecule has 0 bridgehead atoms. The summed E-state index contributed by atoms with van der Waals surface area (Å²) in [5, 5.41) is 2.48. The molecule has 1 aromatic carbocycles. The van der Waals surface area contributed by atoms with E-state index in [-0.39, 0.29) is 10.6 Å². The van der Waals surface area contributed by atoms with Gasteiger partial charge in [0.05, 0.1) is 15.1 Å². The third kappa shape index (κ3) is 2.23. The van der Waals surface area contributed by atoms with Crippen LogP contribution in [0.5, 0.6) is 0 Å². The van der Waals surface area contributed by atoms with Gasteiger partial charge < -0.3 is 5.73 Å². The minimum atomic E-state index is -0.687. The highest BCUT2D eigenvalue weighted by Crippen LogP contribution is 2.37. The van der Waals surface area contributed by atoms with E-state index in [1.165, 1.54) is 17.7 Å². The average molecular weight is 309 g/mol. The van der Waals surface area contributed by atoms with Gasteiger partial charge in [-0.05, 0) is 30.0 Å². The molecule has 2 aromatic heterocycles. The molecule has 0 saturated heterocycles. The number of nitrogen functional groups attached to an aromatic ring is 1. The number of anilines is 1. The second kappa shape index (κ2) is 4.99. The molecule has 3 nitrogen and oxygen atoms in total. The van der Waals surface area contributed by atoms with Crippen molar-refractivity contribution in [3.63, 3.8) is 0 Å². The molecule has 20 heavy (non-hydrogen) atoms. The Balaban J connectivity index is 2.10. The third-order valence-corrected chi connectivity index (χ3v) is 5.04. The topological polar surface area (TPSA) is 51.8 Å². The minimum absolute atomic E-state index is 0.0594. The van der Waals surface area contributed by atoms with Crippen LogP contribution in [0, 0.1) is 18.6 Å². The summed E-state index contributed by atoms with van der Waals surface area (Å²) in [7, 11) is 0. The first kappa shape index (κ1) is 13.3. The van der Waals surface area contributed by atoms with E-state index in [0.29, 0.717) is 5.03 Å². The van der Waals surface area contributed by atoms with Crippen molar-refractivity contribution in [3.8, 4) is 0 Å². The van der Waals surface area contributed by atoms with E-state index in [1.807, 2.05) is 12.3 Å². The molecule has 0 aliphatic rings. The van der Waals surface area contributed by atoms with Crippen LogP contribution in [-0.4, -0.2) is 9.97 Å². The molecule has 0 radical (unpaired) electrons. The summed E-state index contributed by atoms with van der Waals surface area (Å²) in [5.74, 6) is -1.37. The van der Waals surface area contributed by atoms with Crippen LogP contribution in [0.2, 0.25) is 0 Å². The summed E-state index contributed by atoms with van der Waals surface area (Å²) in [6, 6.07) is 2.20. The van der Waals surface area contributed by atoms with Crippen molar-refractivity contribution in [3.05, 3.63) is 41.0 Å². The Morgan fingerprint density at radius 3 is 2.60 bits per heavy atom. The van der Waals surface area contributed by atoms with Crippen molar-refractivity contribution in [2.24, 2.45) is 0 Å². The number of rotatable bonds is 2. The SMILES string of the molecule is Cc1csc2c(Sc3c(F)cc(N)cc3F)ncnc12. The zero-order valence-corrected chi connectivity index (χ0v) is 12.0. The van der Waals surface area contributed by atoms with Crippen molar-refractivity contribution < 1.29 is 8.78 Å². The van der Waals surface area contributed by atoms with E-state index in [1.54, 1.807) is 0 Å². The Morgan fingerprint density at radius 1 is 1.20 bits per heavy atom. The number of fused-ring (bicyclic) bond motifs is 1. The van der Waals surface area contributed by atoms with Gasteiger partial charge in [0, 0.05) is 5.69 Å². The van der Waals surface area contributed by atoms with Crippen molar-refractivity contribution >= 4 is 39.0 Å². The molecular weight excluding hydrogens is 300 g/mol. The summed E-state index contributed by atoms with van der Waals surface area (Å²) < 4.78 is 28.5. The molecule has 3 aromatic rings. The molecule has 0 amide bonds. The highest BCUT2D eigenvalue weighted by Gasteiger charge is 2.16. The molecule has 0 fully saturated rings. The average Bonchev–Trinajstić information content (AvgIpc) is 2.77. The first-order chi connectivity index (χ1) is 9.56. The zero-order chi connectivity index (χ0) is 14.3. The van der Waals surface area contributed by atoms with Gasteiger partial charge in [-0.2, -0.15) is 0 Å². The fourth-order valence-corrected chi connectivity index (χ4v) is 3.74. The summed E-state index contributed by atoms with van der Waals surface area (Å²) in [6.45, 7) is 1.94. The lowest BCUT2D eigenvalue weighted by molar-refractivity contribution is 0.541. The van der Waals surface area contributed by atoms with Crippen molar-refractivity contribution in [2.75, 3.05) is 5.73 Å². The highest BCUT2D eigenvalue weighted by atomic mass is 32.2. The molecule has 0 spiro atoms. The van der Waals surface area contributed by atoms with Crippen molar-refractivity contribution in [1.29, 1.82) is 0 Å². The van der Waals surface area contributed by atoms with Crippen LogP contribution in [0.1, 0.15) is 5.56 Å². The molecule has 2 N–H and O–H groups in total.